The molecule has 0 spiro atoms. The first-order chi connectivity index (χ1) is 10.7. The summed E-state index contributed by atoms with van der Waals surface area (Å²) in [6.07, 6.45) is 0. The van der Waals surface area contributed by atoms with Crippen molar-refractivity contribution < 1.29 is 4.79 Å². The van der Waals surface area contributed by atoms with Crippen molar-refractivity contribution in [3.05, 3.63) is 35.4 Å². The van der Waals surface area contributed by atoms with Crippen molar-refractivity contribution in [1.82, 2.24) is 15.5 Å². The number of guanidine groups is 1. The van der Waals surface area contributed by atoms with E-state index < -0.39 is 0 Å². The summed E-state index contributed by atoms with van der Waals surface area (Å²) in [5.41, 5.74) is 1.82. The van der Waals surface area contributed by atoms with Crippen LogP contribution in [-0.4, -0.2) is 42.9 Å². The summed E-state index contributed by atoms with van der Waals surface area (Å²) >= 11 is 0. The smallest absolute Gasteiger partial charge is 0.253 e. The monoisotopic (exact) mass is 432 g/mol. The molecule has 0 aliphatic heterocycles. The number of rotatable bonds is 7. The number of benzene rings is 1. The first-order valence-electron chi connectivity index (χ1n) is 8.06. The summed E-state index contributed by atoms with van der Waals surface area (Å²) in [7, 11) is 0. The second-order valence-electron chi connectivity index (χ2n) is 4.90. The van der Waals surface area contributed by atoms with Crippen molar-refractivity contribution in [1.29, 1.82) is 0 Å². The Hall–Kier alpha value is -1.31. The Kier molecular flexibility index (Phi) is 11.5. The molecule has 0 bridgehead atoms. The topological polar surface area (TPSA) is 56.7 Å². The van der Waals surface area contributed by atoms with Crippen LogP contribution >= 0.6 is 24.0 Å². The van der Waals surface area contributed by atoms with E-state index in [1.54, 1.807) is 0 Å². The molecular formula is C17H29IN4O. The maximum absolute atomic E-state index is 12.2. The van der Waals surface area contributed by atoms with Crippen LogP contribution in [0.3, 0.4) is 0 Å². The van der Waals surface area contributed by atoms with Crippen molar-refractivity contribution >= 4 is 35.8 Å². The number of hydrogen-bond donors (Lipinski definition) is 2. The number of nitrogens with zero attached hydrogens (tertiary/aromatic N) is 2. The van der Waals surface area contributed by atoms with Crippen LogP contribution in [0.5, 0.6) is 0 Å². The Morgan fingerprint density at radius 2 is 1.52 bits per heavy atom. The van der Waals surface area contributed by atoms with Crippen LogP contribution in [0.2, 0.25) is 0 Å². The first kappa shape index (κ1) is 21.7. The van der Waals surface area contributed by atoms with Crippen molar-refractivity contribution in [2.75, 3.05) is 26.2 Å². The maximum atomic E-state index is 12.2. The fourth-order valence-corrected chi connectivity index (χ4v) is 2.13. The lowest BCUT2D eigenvalue weighted by Crippen LogP contribution is -2.36. The van der Waals surface area contributed by atoms with E-state index in [0.29, 0.717) is 6.54 Å². The second-order valence-corrected chi connectivity index (χ2v) is 4.90. The van der Waals surface area contributed by atoms with E-state index in [4.69, 9.17) is 0 Å². The van der Waals surface area contributed by atoms with Crippen LogP contribution in [0.15, 0.2) is 29.3 Å². The minimum Gasteiger partial charge on any atom is -0.357 e. The normalized spacial score (nSPS) is 9.57. The number of carbonyl (C=O) groups is 1. The van der Waals surface area contributed by atoms with Crippen LogP contribution in [0.1, 0.15) is 43.6 Å². The van der Waals surface area contributed by atoms with Gasteiger partial charge in [-0.2, -0.15) is 0 Å². The largest absolute Gasteiger partial charge is 0.357 e. The van der Waals surface area contributed by atoms with Crippen LogP contribution in [0, 0.1) is 0 Å². The fraction of sp³-hybridized carbons (Fsp3) is 0.529. The zero-order valence-electron chi connectivity index (χ0n) is 14.6. The summed E-state index contributed by atoms with van der Waals surface area (Å²) in [5.74, 6) is 0.898. The summed E-state index contributed by atoms with van der Waals surface area (Å²) in [4.78, 5) is 18.6. The highest BCUT2D eigenvalue weighted by Crippen LogP contribution is 2.08. The van der Waals surface area contributed by atoms with Gasteiger partial charge < -0.3 is 15.5 Å². The molecule has 0 saturated heterocycles. The van der Waals surface area contributed by atoms with E-state index >= 15 is 0 Å². The molecule has 0 aliphatic rings. The van der Waals surface area contributed by atoms with Gasteiger partial charge in [0.1, 0.15) is 0 Å². The Morgan fingerprint density at radius 3 is 1.96 bits per heavy atom. The number of hydrogen-bond acceptors (Lipinski definition) is 2. The van der Waals surface area contributed by atoms with Crippen molar-refractivity contribution in [2.24, 2.45) is 4.99 Å². The number of aliphatic imine (C=N–C) groups is 1. The SMILES string of the molecule is CCNC(=NCc1ccc(C(=O)N(CC)CC)cc1)NCC.I. The number of carbonyl (C=O) groups excluding carboxylic acids is 1. The molecule has 130 valence electrons. The van der Waals surface area contributed by atoms with Gasteiger partial charge in [-0.05, 0) is 45.4 Å². The quantitative estimate of drug-likeness (QED) is 0.396. The second kappa shape index (κ2) is 12.2. The average Bonchev–Trinajstić information content (AvgIpc) is 2.54. The summed E-state index contributed by atoms with van der Waals surface area (Å²) in [6.45, 7) is 11.8. The van der Waals surface area contributed by atoms with Crippen molar-refractivity contribution in [2.45, 2.75) is 34.2 Å². The van der Waals surface area contributed by atoms with Gasteiger partial charge in [-0.3, -0.25) is 4.79 Å². The Bertz CT molecular complexity index is 476. The molecular weight excluding hydrogens is 403 g/mol. The lowest BCUT2D eigenvalue weighted by Gasteiger charge is -2.18. The molecule has 0 heterocycles. The van der Waals surface area contributed by atoms with Gasteiger partial charge in [-0.15, -0.1) is 24.0 Å². The number of halogens is 1. The predicted octanol–water partition coefficient (Wildman–Crippen LogP) is 2.86. The minimum atomic E-state index is 0. The van der Waals surface area contributed by atoms with E-state index in [2.05, 4.69) is 15.6 Å². The molecule has 6 heteroatoms. The Morgan fingerprint density at radius 1 is 1.00 bits per heavy atom. The third kappa shape index (κ3) is 7.20. The molecule has 2 N–H and O–H groups in total. The van der Waals surface area contributed by atoms with Crippen LogP contribution in [0.4, 0.5) is 0 Å². The molecule has 0 unspecified atom stereocenters. The fourth-order valence-electron chi connectivity index (χ4n) is 2.13. The third-order valence-electron chi connectivity index (χ3n) is 3.36. The van der Waals surface area contributed by atoms with Gasteiger partial charge >= 0.3 is 0 Å². The molecule has 0 aromatic heterocycles. The van der Waals surface area contributed by atoms with Gasteiger partial charge in [0.2, 0.25) is 0 Å². The third-order valence-corrected chi connectivity index (χ3v) is 3.36. The lowest BCUT2D eigenvalue weighted by atomic mass is 10.1. The lowest BCUT2D eigenvalue weighted by molar-refractivity contribution is 0.0773. The Labute approximate surface area is 157 Å². The Balaban J connectivity index is 0.00000484. The highest BCUT2D eigenvalue weighted by molar-refractivity contribution is 14.0. The maximum Gasteiger partial charge on any atom is 0.253 e. The zero-order valence-corrected chi connectivity index (χ0v) is 16.9. The van der Waals surface area contributed by atoms with E-state index in [0.717, 1.165) is 43.3 Å². The van der Waals surface area contributed by atoms with Crippen molar-refractivity contribution in [3.8, 4) is 0 Å². The van der Waals surface area contributed by atoms with E-state index in [1.165, 1.54) is 0 Å². The molecule has 0 aliphatic carbocycles. The van der Waals surface area contributed by atoms with Gasteiger partial charge in [0.05, 0.1) is 6.54 Å². The molecule has 1 amide bonds. The van der Waals surface area contributed by atoms with Gasteiger partial charge in [0.25, 0.3) is 5.91 Å². The predicted molar refractivity (Wildman–Crippen MR) is 108 cm³/mol. The standard InChI is InChI=1S/C17H28N4O.HI/c1-5-18-17(19-6-2)20-13-14-9-11-15(12-10-14)16(22)21(7-3)8-4;/h9-12H,5-8,13H2,1-4H3,(H2,18,19,20);1H. The molecule has 0 saturated carbocycles. The molecule has 1 aromatic rings. The highest BCUT2D eigenvalue weighted by Gasteiger charge is 2.11. The molecule has 0 atom stereocenters. The first-order valence-corrected chi connectivity index (χ1v) is 8.06. The van der Waals surface area contributed by atoms with Gasteiger partial charge in [-0.25, -0.2) is 4.99 Å². The minimum absolute atomic E-state index is 0. The highest BCUT2D eigenvalue weighted by atomic mass is 127. The van der Waals surface area contributed by atoms with Gasteiger partial charge in [0.15, 0.2) is 5.96 Å². The summed E-state index contributed by atoms with van der Waals surface area (Å²) in [6, 6.07) is 7.70. The van der Waals surface area contributed by atoms with E-state index in [9.17, 15) is 4.79 Å². The molecule has 0 fully saturated rings. The van der Waals surface area contributed by atoms with E-state index in [-0.39, 0.29) is 29.9 Å². The molecule has 5 nitrogen and oxygen atoms in total. The van der Waals surface area contributed by atoms with Crippen molar-refractivity contribution in [3.63, 3.8) is 0 Å². The average molecular weight is 432 g/mol. The molecule has 1 aromatic carbocycles. The molecule has 23 heavy (non-hydrogen) atoms. The van der Waals surface area contributed by atoms with Crippen LogP contribution < -0.4 is 10.6 Å². The number of nitrogens with one attached hydrogen (secondary N) is 2. The summed E-state index contributed by atoms with van der Waals surface area (Å²) in [5, 5.41) is 6.38. The number of amides is 1. The van der Waals surface area contributed by atoms with Gasteiger partial charge in [0, 0.05) is 31.7 Å². The zero-order chi connectivity index (χ0) is 16.4. The van der Waals surface area contributed by atoms with E-state index in [1.807, 2.05) is 56.9 Å². The van der Waals surface area contributed by atoms with Crippen LogP contribution in [0.25, 0.3) is 0 Å². The van der Waals surface area contributed by atoms with Gasteiger partial charge in [-0.1, -0.05) is 12.1 Å². The van der Waals surface area contributed by atoms with Crippen LogP contribution in [-0.2, 0) is 6.54 Å². The molecule has 0 radical (unpaired) electrons. The molecule has 1 rings (SSSR count). The summed E-state index contributed by atoms with van der Waals surface area (Å²) < 4.78 is 0.